The molecule has 0 unspecified atom stereocenters. The molecule has 3 N–H and O–H groups in total. The lowest BCUT2D eigenvalue weighted by Gasteiger charge is -2.09. The molecule has 2 aromatic rings. The summed E-state index contributed by atoms with van der Waals surface area (Å²) in [5.74, 6) is 0. The van der Waals surface area contributed by atoms with Crippen LogP contribution in [0.4, 0.5) is 11.4 Å². The van der Waals surface area contributed by atoms with Gasteiger partial charge in [0.25, 0.3) is 0 Å². The van der Waals surface area contributed by atoms with E-state index < -0.39 is 0 Å². The van der Waals surface area contributed by atoms with Crippen LogP contribution in [0.15, 0.2) is 41.1 Å². The number of nitrogens with two attached hydrogens (primary N) is 1. The highest BCUT2D eigenvalue weighted by molar-refractivity contribution is 9.10. The van der Waals surface area contributed by atoms with Crippen molar-refractivity contribution in [2.24, 2.45) is 0 Å². The Kier molecular flexibility index (Phi) is 3.64. The molecular formula is C13H14BrN3. The van der Waals surface area contributed by atoms with E-state index >= 15 is 0 Å². The molecule has 0 saturated heterocycles. The second-order valence-electron chi connectivity index (χ2n) is 3.88. The minimum atomic E-state index is 0.704. The number of pyridine rings is 1. The first-order valence-corrected chi connectivity index (χ1v) is 6.15. The number of nitrogens with zero attached hydrogens (tertiary/aromatic N) is 1. The Morgan fingerprint density at radius 3 is 2.82 bits per heavy atom. The molecule has 0 radical (unpaired) electrons. The molecule has 0 saturated carbocycles. The average molecular weight is 292 g/mol. The Labute approximate surface area is 109 Å². The standard InChI is InChI=1S/C13H14BrN3/c1-9-6-11(8-17-13(9)14)16-7-10-4-2-3-5-12(10)15/h2-6,8,16H,7,15H2,1H3. The van der Waals surface area contributed by atoms with Crippen molar-refractivity contribution in [1.82, 2.24) is 4.98 Å². The molecule has 1 aromatic carbocycles. The fraction of sp³-hybridized carbons (Fsp3) is 0.154. The van der Waals surface area contributed by atoms with Gasteiger partial charge in [0.05, 0.1) is 11.9 Å². The largest absolute Gasteiger partial charge is 0.398 e. The van der Waals surface area contributed by atoms with Crippen molar-refractivity contribution in [3.8, 4) is 0 Å². The first-order chi connectivity index (χ1) is 8.16. The molecule has 0 aliphatic heterocycles. The van der Waals surface area contributed by atoms with Gasteiger partial charge < -0.3 is 11.1 Å². The molecule has 0 aliphatic carbocycles. The third-order valence-corrected chi connectivity index (χ3v) is 3.38. The molecule has 0 atom stereocenters. The van der Waals surface area contributed by atoms with Crippen molar-refractivity contribution in [3.05, 3.63) is 52.3 Å². The predicted molar refractivity (Wildman–Crippen MR) is 74.9 cm³/mol. The summed E-state index contributed by atoms with van der Waals surface area (Å²) in [5, 5.41) is 3.31. The van der Waals surface area contributed by atoms with Crippen LogP contribution in [0.2, 0.25) is 0 Å². The number of halogens is 1. The number of para-hydroxylation sites is 1. The normalized spacial score (nSPS) is 10.2. The van der Waals surface area contributed by atoms with Crippen molar-refractivity contribution >= 4 is 27.3 Å². The van der Waals surface area contributed by atoms with Crippen molar-refractivity contribution in [3.63, 3.8) is 0 Å². The quantitative estimate of drug-likeness (QED) is 0.674. The molecule has 0 bridgehead atoms. The number of nitrogen functional groups attached to an aromatic ring is 1. The van der Waals surface area contributed by atoms with Crippen molar-refractivity contribution in [1.29, 1.82) is 0 Å². The Morgan fingerprint density at radius 2 is 2.12 bits per heavy atom. The van der Waals surface area contributed by atoms with Crippen LogP contribution < -0.4 is 11.1 Å². The molecule has 17 heavy (non-hydrogen) atoms. The molecule has 4 heteroatoms. The summed E-state index contributed by atoms with van der Waals surface area (Å²) in [6.45, 7) is 2.72. The molecule has 0 amide bonds. The van der Waals surface area contributed by atoms with Crippen LogP contribution >= 0.6 is 15.9 Å². The second-order valence-corrected chi connectivity index (χ2v) is 4.64. The van der Waals surface area contributed by atoms with E-state index in [0.29, 0.717) is 6.54 Å². The lowest BCUT2D eigenvalue weighted by atomic mass is 10.2. The Hall–Kier alpha value is -1.55. The van der Waals surface area contributed by atoms with E-state index in [1.165, 1.54) is 0 Å². The molecule has 3 nitrogen and oxygen atoms in total. The van der Waals surface area contributed by atoms with Gasteiger partial charge in [-0.2, -0.15) is 0 Å². The SMILES string of the molecule is Cc1cc(NCc2ccccc2N)cnc1Br. The van der Waals surface area contributed by atoms with Gasteiger partial charge in [-0.25, -0.2) is 4.98 Å². The summed E-state index contributed by atoms with van der Waals surface area (Å²) in [6.07, 6.45) is 1.80. The number of benzene rings is 1. The zero-order chi connectivity index (χ0) is 12.3. The third kappa shape index (κ3) is 2.97. The first-order valence-electron chi connectivity index (χ1n) is 5.36. The number of nitrogens with one attached hydrogen (secondary N) is 1. The minimum Gasteiger partial charge on any atom is -0.398 e. The molecule has 0 spiro atoms. The zero-order valence-corrected chi connectivity index (χ0v) is 11.2. The van der Waals surface area contributed by atoms with E-state index in [0.717, 1.165) is 27.1 Å². The maximum Gasteiger partial charge on any atom is 0.109 e. The molecule has 2 rings (SSSR count). The Balaban J connectivity index is 2.08. The fourth-order valence-corrected chi connectivity index (χ4v) is 1.76. The van der Waals surface area contributed by atoms with Gasteiger partial charge in [0.1, 0.15) is 4.60 Å². The predicted octanol–water partition coefficient (Wildman–Crippen LogP) is 3.35. The number of hydrogen-bond donors (Lipinski definition) is 2. The summed E-state index contributed by atoms with van der Waals surface area (Å²) < 4.78 is 0.877. The van der Waals surface area contributed by atoms with E-state index in [-0.39, 0.29) is 0 Å². The number of hydrogen-bond acceptors (Lipinski definition) is 3. The van der Waals surface area contributed by atoms with Crippen LogP contribution in [0.1, 0.15) is 11.1 Å². The van der Waals surface area contributed by atoms with Crippen LogP contribution in [0, 0.1) is 6.92 Å². The number of rotatable bonds is 3. The van der Waals surface area contributed by atoms with Crippen LogP contribution in [-0.2, 0) is 6.54 Å². The van der Waals surface area contributed by atoms with E-state index in [1.807, 2.05) is 31.2 Å². The fourth-order valence-electron chi connectivity index (χ4n) is 1.55. The highest BCUT2D eigenvalue weighted by Crippen LogP contribution is 2.18. The highest BCUT2D eigenvalue weighted by Gasteiger charge is 2.00. The molecule has 88 valence electrons. The van der Waals surface area contributed by atoms with Crippen molar-refractivity contribution in [2.45, 2.75) is 13.5 Å². The molecule has 0 fully saturated rings. The van der Waals surface area contributed by atoms with E-state index in [1.54, 1.807) is 6.20 Å². The van der Waals surface area contributed by atoms with Gasteiger partial charge in [0.2, 0.25) is 0 Å². The van der Waals surface area contributed by atoms with Gasteiger partial charge >= 0.3 is 0 Å². The minimum absolute atomic E-state index is 0.704. The highest BCUT2D eigenvalue weighted by atomic mass is 79.9. The van der Waals surface area contributed by atoms with Crippen molar-refractivity contribution in [2.75, 3.05) is 11.1 Å². The number of anilines is 2. The lowest BCUT2D eigenvalue weighted by Crippen LogP contribution is -2.03. The Morgan fingerprint density at radius 1 is 1.35 bits per heavy atom. The van der Waals surface area contributed by atoms with Gasteiger partial charge in [0, 0.05) is 12.2 Å². The monoisotopic (exact) mass is 291 g/mol. The van der Waals surface area contributed by atoms with Gasteiger partial charge in [0.15, 0.2) is 0 Å². The Bertz CT molecular complexity index is 526. The maximum atomic E-state index is 5.88. The van der Waals surface area contributed by atoms with Crippen LogP contribution in [0.5, 0.6) is 0 Å². The molecule has 0 aliphatic rings. The van der Waals surface area contributed by atoms with Crippen LogP contribution in [0.25, 0.3) is 0 Å². The summed E-state index contributed by atoms with van der Waals surface area (Å²) >= 11 is 3.38. The summed E-state index contributed by atoms with van der Waals surface area (Å²) in [4.78, 5) is 4.24. The lowest BCUT2D eigenvalue weighted by molar-refractivity contribution is 1.12. The molecular weight excluding hydrogens is 278 g/mol. The first kappa shape index (κ1) is 11.9. The molecule has 1 heterocycles. The summed E-state index contributed by atoms with van der Waals surface area (Å²) in [6, 6.07) is 9.89. The van der Waals surface area contributed by atoms with Gasteiger partial charge in [-0.3, -0.25) is 0 Å². The van der Waals surface area contributed by atoms with Gasteiger partial charge in [-0.15, -0.1) is 0 Å². The van der Waals surface area contributed by atoms with Crippen LogP contribution in [-0.4, -0.2) is 4.98 Å². The van der Waals surface area contributed by atoms with E-state index in [4.69, 9.17) is 5.73 Å². The summed E-state index contributed by atoms with van der Waals surface area (Å²) in [7, 11) is 0. The van der Waals surface area contributed by atoms with E-state index in [9.17, 15) is 0 Å². The second kappa shape index (κ2) is 5.19. The van der Waals surface area contributed by atoms with Gasteiger partial charge in [-0.1, -0.05) is 18.2 Å². The third-order valence-electron chi connectivity index (χ3n) is 2.55. The zero-order valence-electron chi connectivity index (χ0n) is 9.57. The average Bonchev–Trinajstić information content (AvgIpc) is 2.32. The summed E-state index contributed by atoms with van der Waals surface area (Å²) in [5.41, 5.74) is 9.88. The van der Waals surface area contributed by atoms with Crippen molar-refractivity contribution < 1.29 is 0 Å². The topological polar surface area (TPSA) is 50.9 Å². The van der Waals surface area contributed by atoms with E-state index in [2.05, 4.69) is 32.3 Å². The number of aryl methyl sites for hydroxylation is 1. The number of aromatic nitrogens is 1. The van der Waals surface area contributed by atoms with Crippen LogP contribution in [0.3, 0.4) is 0 Å². The molecule has 1 aromatic heterocycles. The smallest absolute Gasteiger partial charge is 0.109 e. The maximum absolute atomic E-state index is 5.88. The van der Waals surface area contributed by atoms with Gasteiger partial charge in [-0.05, 0) is 46.1 Å².